The van der Waals surface area contributed by atoms with Crippen molar-refractivity contribution in [3.05, 3.63) is 68.9 Å². The molecule has 25 heavy (non-hydrogen) atoms. The largest absolute Gasteiger partial charge is 0.299 e. The van der Waals surface area contributed by atoms with Crippen LogP contribution in [0.25, 0.3) is 0 Å². The molecular formula is C19H15BrClFO3. The van der Waals surface area contributed by atoms with E-state index in [-0.39, 0.29) is 5.56 Å². The molecule has 0 saturated carbocycles. The van der Waals surface area contributed by atoms with Crippen molar-refractivity contribution in [2.75, 3.05) is 0 Å². The Labute approximate surface area is 158 Å². The van der Waals surface area contributed by atoms with Gasteiger partial charge in [0.2, 0.25) is 0 Å². The maximum absolute atomic E-state index is 13.8. The van der Waals surface area contributed by atoms with E-state index in [0.717, 1.165) is 0 Å². The number of hydrogen-bond donors (Lipinski definition) is 0. The first-order chi connectivity index (χ1) is 11.7. The van der Waals surface area contributed by atoms with E-state index in [2.05, 4.69) is 15.9 Å². The monoisotopic (exact) mass is 424 g/mol. The van der Waals surface area contributed by atoms with Gasteiger partial charge in [-0.15, -0.1) is 0 Å². The quantitative estimate of drug-likeness (QED) is 0.483. The molecule has 3 nitrogen and oxygen atoms in total. The minimum absolute atomic E-state index is 0.266. The van der Waals surface area contributed by atoms with Gasteiger partial charge in [0, 0.05) is 15.1 Å². The molecule has 0 aromatic heterocycles. The zero-order chi connectivity index (χ0) is 18.7. The highest BCUT2D eigenvalue weighted by Crippen LogP contribution is 2.33. The molecule has 1 unspecified atom stereocenters. The Kier molecular flexibility index (Phi) is 6.25. The summed E-state index contributed by atoms with van der Waals surface area (Å²) in [5, 5.41) is 0.455. The zero-order valence-corrected chi connectivity index (χ0v) is 15.9. The molecule has 1 atom stereocenters. The topological polar surface area (TPSA) is 51.2 Å². The Balaban J connectivity index is 2.62. The lowest BCUT2D eigenvalue weighted by atomic mass is 9.77. The molecule has 0 spiro atoms. The molecule has 0 aliphatic rings. The Morgan fingerprint density at radius 3 is 2.04 bits per heavy atom. The van der Waals surface area contributed by atoms with Crippen molar-refractivity contribution in [3.8, 4) is 0 Å². The fourth-order valence-corrected chi connectivity index (χ4v) is 3.41. The fourth-order valence-electron chi connectivity index (χ4n) is 2.80. The molecule has 0 fully saturated rings. The van der Waals surface area contributed by atoms with E-state index in [9.17, 15) is 18.8 Å². The molecule has 6 heteroatoms. The number of carbonyl (C=O) groups excluding carboxylic acids is 3. The van der Waals surface area contributed by atoms with Crippen LogP contribution in [0.5, 0.6) is 0 Å². The molecule has 2 aromatic rings. The lowest BCUT2D eigenvalue weighted by Gasteiger charge is -2.23. The summed E-state index contributed by atoms with van der Waals surface area (Å²) in [6.07, 6.45) is 0. The van der Waals surface area contributed by atoms with Crippen LogP contribution in [0.15, 0.2) is 46.9 Å². The second-order valence-electron chi connectivity index (χ2n) is 5.75. The predicted molar refractivity (Wildman–Crippen MR) is 97.5 cm³/mol. The van der Waals surface area contributed by atoms with Crippen LogP contribution in [-0.4, -0.2) is 17.3 Å². The molecule has 0 aliphatic heterocycles. The molecule has 0 heterocycles. The van der Waals surface area contributed by atoms with Crippen LogP contribution in [0.1, 0.15) is 35.7 Å². The summed E-state index contributed by atoms with van der Waals surface area (Å²) < 4.78 is 14.3. The van der Waals surface area contributed by atoms with Gasteiger partial charge in [0.25, 0.3) is 0 Å². The van der Waals surface area contributed by atoms with E-state index < -0.39 is 35.0 Å². The molecule has 0 aliphatic carbocycles. The summed E-state index contributed by atoms with van der Waals surface area (Å²) in [4.78, 5) is 37.2. The van der Waals surface area contributed by atoms with Gasteiger partial charge < -0.3 is 0 Å². The normalized spacial score (nSPS) is 12.1. The summed E-state index contributed by atoms with van der Waals surface area (Å²) in [5.41, 5.74) is 0.560. The number of Topliss-reactive ketones (excluding diaryl/α,β-unsaturated/α-hetero) is 3. The summed E-state index contributed by atoms with van der Waals surface area (Å²) in [6.45, 7) is 2.51. The smallest absolute Gasteiger partial charge is 0.171 e. The highest BCUT2D eigenvalue weighted by Gasteiger charge is 2.37. The van der Waals surface area contributed by atoms with Crippen LogP contribution >= 0.6 is 27.5 Å². The zero-order valence-electron chi connectivity index (χ0n) is 13.6. The third-order valence-electron chi connectivity index (χ3n) is 3.86. The summed E-state index contributed by atoms with van der Waals surface area (Å²) in [6, 6.07) is 10.1. The molecule has 0 radical (unpaired) electrons. The molecule has 0 N–H and O–H groups in total. The van der Waals surface area contributed by atoms with Gasteiger partial charge in [-0.3, -0.25) is 14.4 Å². The third-order valence-corrected chi connectivity index (χ3v) is 4.57. The van der Waals surface area contributed by atoms with Crippen LogP contribution in [0, 0.1) is 11.7 Å². The second kappa shape index (κ2) is 8.02. The fraction of sp³-hybridized carbons (Fsp3) is 0.211. The lowest BCUT2D eigenvalue weighted by Crippen LogP contribution is -2.32. The average molecular weight is 426 g/mol. The highest BCUT2D eigenvalue weighted by atomic mass is 79.9. The first kappa shape index (κ1) is 19.5. The SMILES string of the molecule is CC(=O)C(C(C)=O)C(C(=O)c1ccc(Cl)cc1)c1cc(F)cc(Br)c1. The van der Waals surface area contributed by atoms with E-state index in [4.69, 9.17) is 11.6 Å². The first-order valence-corrected chi connectivity index (χ1v) is 8.64. The average Bonchev–Trinajstić information content (AvgIpc) is 2.50. The minimum Gasteiger partial charge on any atom is -0.299 e. The predicted octanol–water partition coefficient (Wildman–Crippen LogP) is 5.00. The maximum Gasteiger partial charge on any atom is 0.171 e. The van der Waals surface area contributed by atoms with Gasteiger partial charge in [0.15, 0.2) is 5.78 Å². The van der Waals surface area contributed by atoms with Gasteiger partial charge in [0.1, 0.15) is 17.4 Å². The molecule has 0 bridgehead atoms. The highest BCUT2D eigenvalue weighted by molar-refractivity contribution is 9.10. The summed E-state index contributed by atoms with van der Waals surface area (Å²) in [7, 11) is 0. The van der Waals surface area contributed by atoms with Crippen LogP contribution < -0.4 is 0 Å². The molecule has 2 rings (SSSR count). The van der Waals surface area contributed by atoms with E-state index in [0.29, 0.717) is 15.1 Å². The van der Waals surface area contributed by atoms with Crippen molar-refractivity contribution in [2.24, 2.45) is 5.92 Å². The molecule has 2 aromatic carbocycles. The summed E-state index contributed by atoms with van der Waals surface area (Å²) >= 11 is 9.02. The number of rotatable bonds is 6. The Bertz CT molecular complexity index is 799. The standard InChI is InChI=1S/C19H15BrClFO3/c1-10(23)17(11(2)24)18(13-7-14(20)9-16(22)8-13)19(25)12-3-5-15(21)6-4-12/h3-9,17-18H,1-2H3. The number of halogens is 3. The van der Waals surface area contributed by atoms with Crippen LogP contribution in [0.2, 0.25) is 5.02 Å². The van der Waals surface area contributed by atoms with Gasteiger partial charge in [-0.25, -0.2) is 4.39 Å². The van der Waals surface area contributed by atoms with E-state index >= 15 is 0 Å². The van der Waals surface area contributed by atoms with Crippen LogP contribution in [-0.2, 0) is 9.59 Å². The van der Waals surface area contributed by atoms with Crippen molar-refractivity contribution in [3.63, 3.8) is 0 Å². The maximum atomic E-state index is 13.8. The van der Waals surface area contributed by atoms with Crippen molar-refractivity contribution in [1.29, 1.82) is 0 Å². The minimum atomic E-state index is -1.18. The van der Waals surface area contributed by atoms with E-state index in [1.54, 1.807) is 18.2 Å². The van der Waals surface area contributed by atoms with Gasteiger partial charge in [-0.05, 0) is 61.9 Å². The van der Waals surface area contributed by atoms with E-state index in [1.807, 2.05) is 0 Å². The van der Waals surface area contributed by atoms with Crippen LogP contribution in [0.3, 0.4) is 0 Å². The number of hydrogen-bond acceptors (Lipinski definition) is 3. The van der Waals surface area contributed by atoms with Crippen molar-refractivity contribution >= 4 is 44.9 Å². The molecular weight excluding hydrogens is 411 g/mol. The van der Waals surface area contributed by atoms with Gasteiger partial charge in [0.05, 0.1) is 11.8 Å². The third kappa shape index (κ3) is 4.61. The lowest BCUT2D eigenvalue weighted by molar-refractivity contribution is -0.130. The van der Waals surface area contributed by atoms with Crippen LogP contribution in [0.4, 0.5) is 4.39 Å². The van der Waals surface area contributed by atoms with Crippen molar-refractivity contribution in [2.45, 2.75) is 19.8 Å². The van der Waals surface area contributed by atoms with Crippen molar-refractivity contribution in [1.82, 2.24) is 0 Å². The van der Waals surface area contributed by atoms with Crippen molar-refractivity contribution < 1.29 is 18.8 Å². The second-order valence-corrected chi connectivity index (χ2v) is 7.10. The molecule has 0 amide bonds. The number of carbonyl (C=O) groups is 3. The number of ketones is 3. The molecule has 130 valence electrons. The van der Waals surface area contributed by atoms with E-state index in [1.165, 1.54) is 38.1 Å². The Morgan fingerprint density at radius 1 is 1.00 bits per heavy atom. The Hall–Kier alpha value is -1.85. The van der Waals surface area contributed by atoms with Gasteiger partial charge >= 0.3 is 0 Å². The molecule has 0 saturated heterocycles. The summed E-state index contributed by atoms with van der Waals surface area (Å²) in [5.74, 6) is -4.19. The van der Waals surface area contributed by atoms with Gasteiger partial charge in [-0.2, -0.15) is 0 Å². The number of benzene rings is 2. The first-order valence-electron chi connectivity index (χ1n) is 7.47. The Morgan fingerprint density at radius 2 is 1.56 bits per heavy atom. The van der Waals surface area contributed by atoms with Gasteiger partial charge in [-0.1, -0.05) is 27.5 Å².